The van der Waals surface area contributed by atoms with E-state index in [9.17, 15) is 9.59 Å². The summed E-state index contributed by atoms with van der Waals surface area (Å²) in [6, 6.07) is 6.12. The number of hydrazone groups is 1. The van der Waals surface area contributed by atoms with Gasteiger partial charge in [0.05, 0.1) is 23.4 Å². The van der Waals surface area contributed by atoms with Gasteiger partial charge in [-0.2, -0.15) is 5.10 Å². The number of carbonyl (C=O) groups excluding carboxylic acids is 1. The van der Waals surface area contributed by atoms with Gasteiger partial charge in [0, 0.05) is 5.41 Å². The molecule has 0 fully saturated rings. The number of carboxylic acid groups (broad SMARTS) is 1. The normalized spacial score (nSPS) is 15.6. The zero-order valence-electron chi connectivity index (χ0n) is 11.2. The van der Waals surface area contributed by atoms with Crippen LogP contribution >= 0.6 is 0 Å². The number of hydrogen-bond donors (Lipinski definition) is 1. The largest absolute Gasteiger partial charge is 0.478 e. The molecule has 0 radical (unpaired) electrons. The maximum absolute atomic E-state index is 11.9. The average Bonchev–Trinajstić information content (AvgIpc) is 2.71. The predicted octanol–water partition coefficient (Wildman–Crippen LogP) is 2.52. The molecule has 1 aromatic rings. The second-order valence-corrected chi connectivity index (χ2v) is 5.53. The van der Waals surface area contributed by atoms with Gasteiger partial charge in [-0.3, -0.25) is 4.79 Å². The molecule has 0 aliphatic carbocycles. The number of carbonyl (C=O) groups is 2. The van der Waals surface area contributed by atoms with Gasteiger partial charge in [-0.15, -0.1) is 0 Å². The number of nitrogens with zero attached hydrogens (tertiary/aromatic N) is 2. The molecule has 1 aromatic carbocycles. The van der Waals surface area contributed by atoms with Crippen LogP contribution in [-0.4, -0.2) is 22.7 Å². The molecule has 0 saturated carbocycles. The molecule has 1 N–H and O–H groups in total. The summed E-state index contributed by atoms with van der Waals surface area (Å²) in [5.41, 5.74) is 1.47. The first-order valence-electron chi connectivity index (χ1n) is 6.03. The smallest absolute Gasteiger partial charge is 0.335 e. The van der Waals surface area contributed by atoms with Gasteiger partial charge in [0.25, 0.3) is 5.91 Å². The van der Waals surface area contributed by atoms with Crippen LogP contribution in [0.3, 0.4) is 0 Å². The molecule has 0 aromatic heterocycles. The Bertz CT molecular complexity index is 553. The molecule has 1 aliphatic rings. The molecule has 2 rings (SSSR count). The van der Waals surface area contributed by atoms with Gasteiger partial charge < -0.3 is 5.11 Å². The maximum Gasteiger partial charge on any atom is 0.335 e. The summed E-state index contributed by atoms with van der Waals surface area (Å²) in [4.78, 5) is 22.7. The standard InChI is InChI=1S/C14H16N2O3/c1-14(2,3)11-8-12(17)16(15-11)10-6-4-9(5-7-10)13(18)19/h4-7H,8H2,1-3H3,(H,18,19). The molecule has 0 saturated heterocycles. The first-order valence-corrected chi connectivity index (χ1v) is 6.03. The van der Waals surface area contributed by atoms with Crippen molar-refractivity contribution in [1.82, 2.24) is 0 Å². The lowest BCUT2D eigenvalue weighted by atomic mass is 9.88. The Balaban J connectivity index is 2.29. The molecule has 100 valence electrons. The fraction of sp³-hybridized carbons (Fsp3) is 0.357. The summed E-state index contributed by atoms with van der Waals surface area (Å²) >= 11 is 0. The fourth-order valence-electron chi connectivity index (χ4n) is 1.79. The van der Waals surface area contributed by atoms with E-state index in [0.29, 0.717) is 12.1 Å². The maximum atomic E-state index is 11.9. The highest BCUT2D eigenvalue weighted by atomic mass is 16.4. The third-order valence-corrected chi connectivity index (χ3v) is 3.00. The van der Waals surface area contributed by atoms with Crippen LogP contribution in [0.1, 0.15) is 37.6 Å². The highest BCUT2D eigenvalue weighted by molar-refractivity contribution is 6.14. The molecule has 0 atom stereocenters. The van der Waals surface area contributed by atoms with Gasteiger partial charge in [-0.1, -0.05) is 20.8 Å². The number of rotatable bonds is 2. The Morgan fingerprint density at radius 1 is 1.26 bits per heavy atom. The number of amides is 1. The average molecular weight is 260 g/mol. The molecule has 1 amide bonds. The lowest BCUT2D eigenvalue weighted by molar-refractivity contribution is -0.116. The van der Waals surface area contributed by atoms with Crippen LogP contribution in [0.2, 0.25) is 0 Å². The van der Waals surface area contributed by atoms with Crippen molar-refractivity contribution in [2.75, 3.05) is 5.01 Å². The van der Waals surface area contributed by atoms with E-state index in [1.54, 1.807) is 12.1 Å². The number of carboxylic acids is 1. The van der Waals surface area contributed by atoms with Crippen molar-refractivity contribution in [3.8, 4) is 0 Å². The summed E-state index contributed by atoms with van der Waals surface area (Å²) in [6.07, 6.45) is 0.310. The Morgan fingerprint density at radius 2 is 1.84 bits per heavy atom. The molecule has 1 aliphatic heterocycles. The van der Waals surface area contributed by atoms with Crippen molar-refractivity contribution in [3.63, 3.8) is 0 Å². The molecule has 0 unspecified atom stereocenters. The fourth-order valence-corrected chi connectivity index (χ4v) is 1.79. The van der Waals surface area contributed by atoms with Crippen molar-refractivity contribution in [2.45, 2.75) is 27.2 Å². The van der Waals surface area contributed by atoms with E-state index in [2.05, 4.69) is 5.10 Å². The topological polar surface area (TPSA) is 70.0 Å². The van der Waals surface area contributed by atoms with Crippen LogP contribution in [0, 0.1) is 5.41 Å². The van der Waals surface area contributed by atoms with E-state index in [0.717, 1.165) is 5.71 Å². The molecular formula is C14H16N2O3. The van der Waals surface area contributed by atoms with Crippen molar-refractivity contribution >= 4 is 23.3 Å². The summed E-state index contributed by atoms with van der Waals surface area (Å²) in [7, 11) is 0. The molecule has 0 bridgehead atoms. The van der Waals surface area contributed by atoms with Crippen LogP contribution in [0.5, 0.6) is 0 Å². The Hall–Kier alpha value is -2.17. The zero-order valence-corrected chi connectivity index (χ0v) is 11.2. The molecule has 5 heteroatoms. The van der Waals surface area contributed by atoms with Gasteiger partial charge in [-0.25, -0.2) is 9.80 Å². The van der Waals surface area contributed by atoms with E-state index in [-0.39, 0.29) is 16.9 Å². The summed E-state index contributed by atoms with van der Waals surface area (Å²) in [5, 5.41) is 14.5. The molecular weight excluding hydrogens is 244 g/mol. The molecule has 1 heterocycles. The van der Waals surface area contributed by atoms with Gasteiger partial charge in [-0.05, 0) is 24.3 Å². The van der Waals surface area contributed by atoms with Crippen LogP contribution in [-0.2, 0) is 4.79 Å². The third-order valence-electron chi connectivity index (χ3n) is 3.00. The lowest BCUT2D eigenvalue weighted by Gasteiger charge is -2.16. The first-order chi connectivity index (χ1) is 8.79. The Morgan fingerprint density at radius 3 is 2.26 bits per heavy atom. The minimum absolute atomic E-state index is 0.0898. The minimum Gasteiger partial charge on any atom is -0.478 e. The Kier molecular flexibility index (Phi) is 3.14. The number of hydrogen-bond acceptors (Lipinski definition) is 3. The SMILES string of the molecule is CC(C)(C)C1=NN(c2ccc(C(=O)O)cc2)C(=O)C1. The highest BCUT2D eigenvalue weighted by Crippen LogP contribution is 2.28. The number of aromatic carboxylic acids is 1. The second-order valence-electron chi connectivity index (χ2n) is 5.53. The quantitative estimate of drug-likeness (QED) is 0.888. The van der Waals surface area contributed by atoms with Crippen LogP contribution in [0.4, 0.5) is 5.69 Å². The van der Waals surface area contributed by atoms with Gasteiger partial charge in [0.1, 0.15) is 0 Å². The predicted molar refractivity (Wildman–Crippen MR) is 72.4 cm³/mol. The van der Waals surface area contributed by atoms with E-state index in [1.165, 1.54) is 17.1 Å². The van der Waals surface area contributed by atoms with Gasteiger partial charge >= 0.3 is 5.97 Å². The van der Waals surface area contributed by atoms with E-state index >= 15 is 0 Å². The first kappa shape index (κ1) is 13.3. The van der Waals surface area contributed by atoms with Crippen molar-refractivity contribution in [1.29, 1.82) is 0 Å². The van der Waals surface area contributed by atoms with E-state index in [1.807, 2.05) is 20.8 Å². The zero-order chi connectivity index (χ0) is 14.2. The third kappa shape index (κ3) is 2.65. The van der Waals surface area contributed by atoms with Crippen LogP contribution in [0.15, 0.2) is 29.4 Å². The summed E-state index contributed by atoms with van der Waals surface area (Å²) in [5.74, 6) is -1.08. The molecule has 19 heavy (non-hydrogen) atoms. The molecule has 0 spiro atoms. The monoisotopic (exact) mass is 260 g/mol. The number of anilines is 1. The summed E-state index contributed by atoms with van der Waals surface area (Å²) < 4.78 is 0. The van der Waals surface area contributed by atoms with Crippen molar-refractivity contribution in [3.05, 3.63) is 29.8 Å². The minimum atomic E-state index is -0.988. The number of benzene rings is 1. The van der Waals surface area contributed by atoms with E-state index < -0.39 is 5.97 Å². The van der Waals surface area contributed by atoms with Crippen LogP contribution in [0.25, 0.3) is 0 Å². The highest BCUT2D eigenvalue weighted by Gasteiger charge is 2.31. The van der Waals surface area contributed by atoms with E-state index in [4.69, 9.17) is 5.11 Å². The second kappa shape index (κ2) is 4.50. The Labute approximate surface area is 111 Å². The summed E-state index contributed by atoms with van der Waals surface area (Å²) in [6.45, 7) is 6.03. The van der Waals surface area contributed by atoms with Gasteiger partial charge in [0.2, 0.25) is 0 Å². The van der Waals surface area contributed by atoms with Gasteiger partial charge in [0.15, 0.2) is 0 Å². The van der Waals surface area contributed by atoms with Crippen LogP contribution < -0.4 is 5.01 Å². The molecule has 5 nitrogen and oxygen atoms in total. The van der Waals surface area contributed by atoms with Crippen molar-refractivity contribution in [2.24, 2.45) is 10.5 Å². The lowest BCUT2D eigenvalue weighted by Crippen LogP contribution is -2.20. The van der Waals surface area contributed by atoms with Crippen molar-refractivity contribution < 1.29 is 14.7 Å².